The van der Waals surface area contributed by atoms with Crippen molar-refractivity contribution >= 4 is 17.3 Å². The lowest BCUT2D eigenvalue weighted by molar-refractivity contribution is 0.102. The summed E-state index contributed by atoms with van der Waals surface area (Å²) in [4.78, 5) is 36.5. The van der Waals surface area contributed by atoms with E-state index in [1.807, 2.05) is 24.0 Å². The molecule has 0 unspecified atom stereocenters. The van der Waals surface area contributed by atoms with Gasteiger partial charge < -0.3 is 15.0 Å². The lowest BCUT2D eigenvalue weighted by atomic mass is 10.1. The average Bonchev–Trinajstić information content (AvgIpc) is 3.68. The molecular weight excluding hydrogens is 420 g/mol. The van der Waals surface area contributed by atoms with Gasteiger partial charge in [-0.15, -0.1) is 0 Å². The van der Waals surface area contributed by atoms with E-state index in [9.17, 15) is 9.59 Å². The molecular formula is C24H26N6O3. The van der Waals surface area contributed by atoms with E-state index in [2.05, 4.69) is 15.4 Å². The Bertz CT molecular complexity index is 1250. The summed E-state index contributed by atoms with van der Waals surface area (Å²) in [5.74, 6) is 0.140. The summed E-state index contributed by atoms with van der Waals surface area (Å²) in [6.07, 6.45) is 5.31. The highest BCUT2D eigenvalue weighted by Gasteiger charge is 2.30. The first-order valence-corrected chi connectivity index (χ1v) is 11.2. The number of ether oxygens (including phenoxy) is 1. The first kappa shape index (κ1) is 21.3. The highest BCUT2D eigenvalue weighted by molar-refractivity contribution is 6.04. The number of rotatable bonds is 5. The topological polar surface area (TPSA) is 102 Å². The van der Waals surface area contributed by atoms with E-state index >= 15 is 0 Å². The SMILES string of the molecule is Cc1nc(C2CC2)c(NC(=O)c2ccncc2)cc1-c1cc(N2CCOCC2)c(=O)n(C)n1. The van der Waals surface area contributed by atoms with E-state index in [0.717, 1.165) is 29.8 Å². The van der Waals surface area contributed by atoms with Gasteiger partial charge in [0.05, 0.1) is 30.3 Å². The molecule has 0 bridgehead atoms. The molecule has 0 aromatic carbocycles. The van der Waals surface area contributed by atoms with E-state index in [0.29, 0.717) is 54.9 Å². The number of amides is 1. The van der Waals surface area contributed by atoms with Crippen LogP contribution in [0.3, 0.4) is 0 Å². The van der Waals surface area contributed by atoms with Crippen molar-refractivity contribution in [2.45, 2.75) is 25.7 Å². The number of nitrogens with zero attached hydrogens (tertiary/aromatic N) is 5. The number of nitrogens with one attached hydrogen (secondary N) is 1. The van der Waals surface area contributed by atoms with Gasteiger partial charge in [-0.2, -0.15) is 5.10 Å². The molecule has 1 saturated carbocycles. The predicted molar refractivity (Wildman–Crippen MR) is 125 cm³/mol. The molecule has 4 heterocycles. The van der Waals surface area contributed by atoms with E-state index < -0.39 is 0 Å². The van der Waals surface area contributed by atoms with Crippen LogP contribution in [0.5, 0.6) is 0 Å². The van der Waals surface area contributed by atoms with E-state index in [-0.39, 0.29) is 11.5 Å². The summed E-state index contributed by atoms with van der Waals surface area (Å²) in [7, 11) is 1.66. The van der Waals surface area contributed by atoms with Crippen LogP contribution in [0.25, 0.3) is 11.3 Å². The van der Waals surface area contributed by atoms with Gasteiger partial charge in [-0.3, -0.25) is 19.6 Å². The molecule has 3 aromatic heterocycles. The Morgan fingerprint density at radius 3 is 2.58 bits per heavy atom. The minimum atomic E-state index is -0.210. The fraction of sp³-hybridized carbons (Fsp3) is 0.375. The third kappa shape index (κ3) is 4.36. The van der Waals surface area contributed by atoms with Crippen molar-refractivity contribution in [3.8, 4) is 11.3 Å². The molecule has 9 nitrogen and oxygen atoms in total. The van der Waals surface area contributed by atoms with Crippen molar-refractivity contribution in [2.24, 2.45) is 7.05 Å². The van der Waals surface area contributed by atoms with Crippen molar-refractivity contribution in [1.29, 1.82) is 0 Å². The highest BCUT2D eigenvalue weighted by Crippen LogP contribution is 2.43. The van der Waals surface area contributed by atoms with E-state index in [4.69, 9.17) is 9.72 Å². The monoisotopic (exact) mass is 446 g/mol. The Labute approximate surface area is 191 Å². The zero-order chi connectivity index (χ0) is 22.9. The number of carbonyl (C=O) groups is 1. The van der Waals surface area contributed by atoms with Crippen LogP contribution in [-0.2, 0) is 11.8 Å². The molecule has 3 aromatic rings. The Balaban J connectivity index is 1.56. The van der Waals surface area contributed by atoms with Gasteiger partial charge in [0, 0.05) is 55.3 Å². The highest BCUT2D eigenvalue weighted by atomic mass is 16.5. The maximum absolute atomic E-state index is 12.9. The van der Waals surface area contributed by atoms with Crippen molar-refractivity contribution < 1.29 is 9.53 Å². The molecule has 0 radical (unpaired) electrons. The number of pyridine rings is 2. The number of anilines is 2. The van der Waals surface area contributed by atoms with Crippen molar-refractivity contribution in [3.63, 3.8) is 0 Å². The van der Waals surface area contributed by atoms with Gasteiger partial charge in [0.1, 0.15) is 5.69 Å². The second kappa shape index (κ2) is 8.74. The molecule has 170 valence electrons. The molecule has 9 heteroatoms. The number of hydrogen-bond acceptors (Lipinski definition) is 7. The molecule has 33 heavy (non-hydrogen) atoms. The molecule has 1 amide bonds. The number of hydrogen-bond donors (Lipinski definition) is 1. The van der Waals surface area contributed by atoms with Crippen molar-refractivity contribution in [1.82, 2.24) is 19.7 Å². The Hall–Kier alpha value is -3.59. The summed E-state index contributed by atoms with van der Waals surface area (Å²) < 4.78 is 6.80. The lowest BCUT2D eigenvalue weighted by Crippen LogP contribution is -2.40. The third-order valence-corrected chi connectivity index (χ3v) is 6.07. The number of aromatic nitrogens is 4. The van der Waals surface area contributed by atoms with E-state index in [1.54, 1.807) is 31.6 Å². The second-order valence-electron chi connectivity index (χ2n) is 8.46. The fourth-order valence-corrected chi connectivity index (χ4v) is 4.10. The zero-order valence-electron chi connectivity index (χ0n) is 18.7. The van der Waals surface area contributed by atoms with Crippen LogP contribution in [0, 0.1) is 6.92 Å². The van der Waals surface area contributed by atoms with Crippen LogP contribution in [0.4, 0.5) is 11.4 Å². The van der Waals surface area contributed by atoms with E-state index in [1.165, 1.54) is 4.68 Å². The van der Waals surface area contributed by atoms with Gasteiger partial charge in [-0.25, -0.2) is 4.68 Å². The molecule has 2 aliphatic rings. The second-order valence-corrected chi connectivity index (χ2v) is 8.46. The maximum atomic E-state index is 12.9. The van der Waals surface area contributed by atoms with Crippen LogP contribution in [0.2, 0.25) is 0 Å². The molecule has 1 N–H and O–H groups in total. The quantitative estimate of drug-likeness (QED) is 0.642. The molecule has 1 aliphatic carbocycles. The van der Waals surface area contributed by atoms with Crippen LogP contribution in [0.1, 0.15) is 40.5 Å². The Morgan fingerprint density at radius 2 is 1.88 bits per heavy atom. The van der Waals surface area contributed by atoms with Gasteiger partial charge >= 0.3 is 0 Å². The molecule has 2 fully saturated rings. The summed E-state index contributed by atoms with van der Waals surface area (Å²) in [6.45, 7) is 4.43. The number of carbonyl (C=O) groups excluding carboxylic acids is 1. The van der Waals surface area contributed by atoms with Gasteiger partial charge in [0.25, 0.3) is 11.5 Å². The Morgan fingerprint density at radius 1 is 1.15 bits per heavy atom. The fourth-order valence-electron chi connectivity index (χ4n) is 4.10. The Kier molecular flexibility index (Phi) is 5.63. The summed E-state index contributed by atoms with van der Waals surface area (Å²) in [6, 6.07) is 7.11. The van der Waals surface area contributed by atoms with Crippen LogP contribution in [0.15, 0.2) is 41.5 Å². The third-order valence-electron chi connectivity index (χ3n) is 6.07. The first-order valence-electron chi connectivity index (χ1n) is 11.2. The average molecular weight is 447 g/mol. The van der Waals surface area contributed by atoms with Gasteiger partial charge in [0.15, 0.2) is 0 Å². The number of aryl methyl sites for hydroxylation is 2. The molecule has 1 saturated heterocycles. The van der Waals surface area contributed by atoms with Gasteiger partial charge in [0.2, 0.25) is 0 Å². The summed E-state index contributed by atoms with van der Waals surface area (Å²) in [5.41, 5.74) is 4.81. The van der Waals surface area contributed by atoms with Crippen molar-refractivity contribution in [2.75, 3.05) is 36.5 Å². The molecule has 0 atom stereocenters. The first-order chi connectivity index (χ1) is 16.0. The number of morpholine rings is 1. The van der Waals surface area contributed by atoms with Crippen LogP contribution >= 0.6 is 0 Å². The standard InChI is InChI=1S/C24H26N6O3/c1-15-18(19-14-21(24(32)29(2)28-19)30-9-11-33-12-10-30)13-20(22(26-15)16-3-4-16)27-23(31)17-5-7-25-8-6-17/h5-8,13-14,16H,3-4,9-12H2,1-2H3,(H,27,31). The maximum Gasteiger partial charge on any atom is 0.290 e. The minimum absolute atomic E-state index is 0.146. The predicted octanol–water partition coefficient (Wildman–Crippen LogP) is 2.51. The molecule has 1 aliphatic heterocycles. The smallest absolute Gasteiger partial charge is 0.290 e. The van der Waals surface area contributed by atoms with Gasteiger partial charge in [-0.05, 0) is 44.0 Å². The van der Waals surface area contributed by atoms with Crippen molar-refractivity contribution in [3.05, 3.63) is 64.0 Å². The van der Waals surface area contributed by atoms with Crippen LogP contribution in [-0.4, -0.2) is 52.0 Å². The normalized spacial score (nSPS) is 16.0. The van der Waals surface area contributed by atoms with Crippen LogP contribution < -0.4 is 15.8 Å². The molecule has 0 spiro atoms. The zero-order valence-corrected chi connectivity index (χ0v) is 18.7. The summed E-state index contributed by atoms with van der Waals surface area (Å²) >= 11 is 0. The lowest BCUT2D eigenvalue weighted by Gasteiger charge is -2.28. The molecule has 5 rings (SSSR count). The largest absolute Gasteiger partial charge is 0.378 e. The minimum Gasteiger partial charge on any atom is -0.378 e. The summed E-state index contributed by atoms with van der Waals surface area (Å²) in [5, 5.41) is 7.55. The van der Waals surface area contributed by atoms with Gasteiger partial charge in [-0.1, -0.05) is 0 Å².